The number of aliphatic hydroxyl groups is 1. The predicted octanol–water partition coefficient (Wildman–Crippen LogP) is 1.72. The molecule has 3 heteroatoms. The topological polar surface area (TPSA) is 54.4 Å². The van der Waals surface area contributed by atoms with Gasteiger partial charge >= 0.3 is 0 Å². The Kier molecular flexibility index (Phi) is 3.36. The van der Waals surface area contributed by atoms with Crippen LogP contribution < -0.4 is 0 Å². The van der Waals surface area contributed by atoms with Crippen LogP contribution in [0.1, 0.15) is 26.7 Å². The molecular formula is C11H13O3. The van der Waals surface area contributed by atoms with Gasteiger partial charge in [-0.25, -0.2) is 0 Å². The van der Waals surface area contributed by atoms with Gasteiger partial charge in [-0.05, 0) is 38.8 Å². The molecule has 3 nitrogen and oxygen atoms in total. The van der Waals surface area contributed by atoms with Crippen molar-refractivity contribution < 1.29 is 14.7 Å². The summed E-state index contributed by atoms with van der Waals surface area (Å²) in [4.78, 5) is 22.6. The van der Waals surface area contributed by atoms with Crippen molar-refractivity contribution in [2.24, 2.45) is 0 Å². The molecule has 0 spiro atoms. The maximum atomic E-state index is 11.5. The van der Waals surface area contributed by atoms with Gasteiger partial charge in [-0.1, -0.05) is 0 Å². The van der Waals surface area contributed by atoms with E-state index in [2.05, 4.69) is 0 Å². The van der Waals surface area contributed by atoms with Gasteiger partial charge in [0.05, 0.1) is 6.10 Å². The van der Waals surface area contributed by atoms with Crippen LogP contribution in [0, 0.1) is 6.10 Å². The fourth-order valence-electron chi connectivity index (χ4n) is 1.31. The number of aliphatic hydroxyl groups excluding tert-OH is 1. The lowest BCUT2D eigenvalue weighted by Crippen LogP contribution is -2.13. The monoisotopic (exact) mass is 193 g/mol. The van der Waals surface area contributed by atoms with E-state index in [0.29, 0.717) is 24.0 Å². The van der Waals surface area contributed by atoms with E-state index in [-0.39, 0.29) is 17.7 Å². The second kappa shape index (κ2) is 4.33. The van der Waals surface area contributed by atoms with E-state index in [4.69, 9.17) is 5.11 Å². The van der Waals surface area contributed by atoms with Crippen molar-refractivity contribution in [2.75, 3.05) is 0 Å². The predicted molar refractivity (Wildman–Crippen MR) is 51.9 cm³/mol. The van der Waals surface area contributed by atoms with E-state index in [1.54, 1.807) is 13.8 Å². The molecule has 0 amide bonds. The van der Waals surface area contributed by atoms with Crippen molar-refractivity contribution in [1.82, 2.24) is 0 Å². The van der Waals surface area contributed by atoms with E-state index < -0.39 is 0 Å². The first kappa shape index (κ1) is 10.9. The molecule has 1 aliphatic rings. The average Bonchev–Trinajstić information content (AvgIpc) is 2.08. The van der Waals surface area contributed by atoms with Crippen molar-refractivity contribution in [2.45, 2.75) is 26.7 Å². The molecule has 0 aromatic heterocycles. The first-order valence-electron chi connectivity index (χ1n) is 4.49. The zero-order chi connectivity index (χ0) is 10.7. The molecule has 14 heavy (non-hydrogen) atoms. The summed E-state index contributed by atoms with van der Waals surface area (Å²) in [6.07, 6.45) is 3.81. The maximum Gasteiger partial charge on any atom is 0.184 e. The lowest BCUT2D eigenvalue weighted by Gasteiger charge is -2.10. The number of hydrogen-bond acceptors (Lipinski definition) is 3. The van der Waals surface area contributed by atoms with Gasteiger partial charge in [-0.3, -0.25) is 9.59 Å². The summed E-state index contributed by atoms with van der Waals surface area (Å²) in [5.41, 5.74) is 0.964. The SMILES string of the molecule is C[C](O)CCC1=CC(=O)C=C(C)C1=O. The number of carbonyl (C=O) groups is 2. The number of allylic oxidation sites excluding steroid dienone is 4. The Morgan fingerprint density at radius 1 is 1.36 bits per heavy atom. The number of hydrogen-bond donors (Lipinski definition) is 1. The highest BCUT2D eigenvalue weighted by Gasteiger charge is 2.18. The minimum atomic E-state index is -0.146. The lowest BCUT2D eigenvalue weighted by molar-refractivity contribution is -0.115. The van der Waals surface area contributed by atoms with Crippen molar-refractivity contribution in [3.05, 3.63) is 29.4 Å². The third kappa shape index (κ3) is 2.64. The minimum absolute atomic E-state index is 0.0918. The fraction of sp³-hybridized carbons (Fsp3) is 0.364. The zero-order valence-corrected chi connectivity index (χ0v) is 8.33. The summed E-state index contributed by atoms with van der Waals surface area (Å²) in [6, 6.07) is 0. The van der Waals surface area contributed by atoms with Gasteiger partial charge in [0.25, 0.3) is 0 Å². The minimum Gasteiger partial charge on any atom is -0.387 e. The zero-order valence-electron chi connectivity index (χ0n) is 8.33. The fourth-order valence-corrected chi connectivity index (χ4v) is 1.31. The van der Waals surface area contributed by atoms with Gasteiger partial charge in [0.15, 0.2) is 11.6 Å². The van der Waals surface area contributed by atoms with Crippen LogP contribution in [0.3, 0.4) is 0 Å². The Hall–Kier alpha value is -1.22. The number of rotatable bonds is 3. The molecule has 0 saturated heterocycles. The molecule has 0 aromatic rings. The summed E-state index contributed by atoms with van der Waals surface area (Å²) >= 11 is 0. The first-order chi connectivity index (χ1) is 6.50. The quantitative estimate of drug-likeness (QED) is 0.694. The van der Waals surface area contributed by atoms with Crippen molar-refractivity contribution >= 4 is 11.6 Å². The molecule has 0 aromatic carbocycles. The average molecular weight is 193 g/mol. The van der Waals surface area contributed by atoms with Gasteiger partial charge in [0.1, 0.15) is 0 Å². The van der Waals surface area contributed by atoms with E-state index in [0.717, 1.165) is 0 Å². The van der Waals surface area contributed by atoms with Crippen molar-refractivity contribution in [1.29, 1.82) is 0 Å². The Bertz CT molecular complexity index is 321. The van der Waals surface area contributed by atoms with Crippen molar-refractivity contribution in [3.8, 4) is 0 Å². The molecule has 1 aliphatic carbocycles. The number of Topliss-reactive ketones (excluding diaryl/α,β-unsaturated/α-hetero) is 1. The molecule has 1 N–H and O–H groups in total. The third-order valence-corrected chi connectivity index (χ3v) is 2.08. The van der Waals surface area contributed by atoms with Crippen LogP contribution in [0.2, 0.25) is 0 Å². The molecule has 75 valence electrons. The lowest BCUT2D eigenvalue weighted by atomic mass is 9.93. The van der Waals surface area contributed by atoms with Crippen LogP contribution >= 0.6 is 0 Å². The Labute approximate surface area is 83.1 Å². The van der Waals surface area contributed by atoms with Gasteiger partial charge in [-0.2, -0.15) is 0 Å². The van der Waals surface area contributed by atoms with E-state index >= 15 is 0 Å². The molecule has 0 fully saturated rings. The smallest absolute Gasteiger partial charge is 0.184 e. The molecule has 0 atom stereocenters. The van der Waals surface area contributed by atoms with Gasteiger partial charge < -0.3 is 5.11 Å². The molecule has 0 heterocycles. The highest BCUT2D eigenvalue weighted by atomic mass is 16.3. The second-order valence-corrected chi connectivity index (χ2v) is 3.46. The molecule has 0 aliphatic heterocycles. The van der Waals surface area contributed by atoms with E-state index in [1.807, 2.05) is 0 Å². The van der Waals surface area contributed by atoms with Crippen LogP contribution in [0.4, 0.5) is 0 Å². The molecule has 0 bridgehead atoms. The van der Waals surface area contributed by atoms with Crippen LogP contribution in [0.15, 0.2) is 23.3 Å². The molecular weight excluding hydrogens is 180 g/mol. The van der Waals surface area contributed by atoms with E-state index in [1.165, 1.54) is 12.2 Å². The molecule has 1 rings (SSSR count). The maximum absolute atomic E-state index is 11.5. The molecule has 0 unspecified atom stereocenters. The van der Waals surface area contributed by atoms with Crippen LogP contribution in [-0.2, 0) is 9.59 Å². The summed E-state index contributed by atoms with van der Waals surface area (Å²) in [5, 5.41) is 8.98. The van der Waals surface area contributed by atoms with Crippen LogP contribution in [0.25, 0.3) is 0 Å². The normalized spacial score (nSPS) is 17.1. The number of carbonyl (C=O) groups excluding carboxylic acids is 2. The standard InChI is InChI=1S/C11H13O3/c1-7-5-10(13)6-9(11(7)14)4-3-8(2)12/h5-6,12H,3-4H2,1-2H3. The Morgan fingerprint density at radius 3 is 2.57 bits per heavy atom. The Balaban J connectivity index is 2.69. The van der Waals surface area contributed by atoms with Crippen LogP contribution in [-0.4, -0.2) is 16.7 Å². The van der Waals surface area contributed by atoms with Gasteiger partial charge in [-0.15, -0.1) is 0 Å². The van der Waals surface area contributed by atoms with E-state index in [9.17, 15) is 9.59 Å². The largest absolute Gasteiger partial charge is 0.387 e. The number of ketones is 2. The summed E-state index contributed by atoms with van der Waals surface area (Å²) in [7, 11) is 0. The molecule has 1 radical (unpaired) electrons. The van der Waals surface area contributed by atoms with Gasteiger partial charge in [0.2, 0.25) is 0 Å². The summed E-state index contributed by atoms with van der Waals surface area (Å²) in [6.45, 7) is 3.21. The Morgan fingerprint density at radius 2 is 2.00 bits per heavy atom. The second-order valence-electron chi connectivity index (χ2n) is 3.46. The van der Waals surface area contributed by atoms with Crippen molar-refractivity contribution in [3.63, 3.8) is 0 Å². The summed E-state index contributed by atoms with van der Waals surface area (Å²) in [5.74, 6) is -0.237. The summed E-state index contributed by atoms with van der Waals surface area (Å²) < 4.78 is 0. The third-order valence-electron chi connectivity index (χ3n) is 2.08. The highest BCUT2D eigenvalue weighted by Crippen LogP contribution is 2.19. The van der Waals surface area contributed by atoms with Gasteiger partial charge in [0, 0.05) is 11.1 Å². The molecule has 0 saturated carbocycles. The highest BCUT2D eigenvalue weighted by molar-refractivity contribution is 6.19. The first-order valence-corrected chi connectivity index (χ1v) is 4.49. The van der Waals surface area contributed by atoms with Crippen LogP contribution in [0.5, 0.6) is 0 Å².